The Labute approximate surface area is 154 Å². The summed E-state index contributed by atoms with van der Waals surface area (Å²) in [5, 5.41) is 2.82. The first kappa shape index (κ1) is 18.5. The average Bonchev–Trinajstić information content (AvgIpc) is 3.21. The number of benzene rings is 2. The molecule has 0 aromatic heterocycles. The zero-order valence-electron chi connectivity index (χ0n) is 14.9. The van der Waals surface area contributed by atoms with E-state index in [-0.39, 0.29) is 22.1 Å². The van der Waals surface area contributed by atoms with Crippen LogP contribution in [0.2, 0.25) is 0 Å². The number of sulfone groups is 1. The van der Waals surface area contributed by atoms with Crippen LogP contribution in [0.25, 0.3) is 0 Å². The van der Waals surface area contributed by atoms with Crippen LogP contribution in [0.5, 0.6) is 0 Å². The molecule has 0 saturated carbocycles. The van der Waals surface area contributed by atoms with Gasteiger partial charge in [-0.05, 0) is 42.7 Å². The number of nitrogens with one attached hydrogen (secondary N) is 1. The van der Waals surface area contributed by atoms with E-state index in [1.165, 1.54) is 24.6 Å². The Morgan fingerprint density at radius 3 is 2.35 bits per heavy atom. The molecule has 0 unspecified atom stereocenters. The van der Waals surface area contributed by atoms with Crippen LogP contribution in [-0.4, -0.2) is 33.2 Å². The SMILES string of the molecule is CCS(=O)(=O)c1ccccc1C(=O)NCc1ccc(N2CCCC2)cc1. The third-order valence-corrected chi connectivity index (χ3v) is 6.49. The summed E-state index contributed by atoms with van der Waals surface area (Å²) in [6.45, 7) is 4.13. The van der Waals surface area contributed by atoms with Crippen molar-refractivity contribution in [2.75, 3.05) is 23.7 Å². The second kappa shape index (κ2) is 7.91. The monoisotopic (exact) mass is 372 g/mol. The second-order valence-corrected chi connectivity index (χ2v) is 8.69. The Balaban J connectivity index is 1.68. The molecule has 0 bridgehead atoms. The molecule has 1 N–H and O–H groups in total. The molecule has 26 heavy (non-hydrogen) atoms. The molecule has 5 nitrogen and oxygen atoms in total. The van der Waals surface area contributed by atoms with E-state index in [0.29, 0.717) is 6.54 Å². The Bertz CT molecular complexity index is 870. The van der Waals surface area contributed by atoms with Gasteiger partial charge in [0.1, 0.15) is 0 Å². The average molecular weight is 372 g/mol. The molecule has 0 aliphatic carbocycles. The highest BCUT2D eigenvalue weighted by atomic mass is 32.2. The van der Waals surface area contributed by atoms with Gasteiger partial charge in [0.05, 0.1) is 16.2 Å². The highest BCUT2D eigenvalue weighted by Gasteiger charge is 2.20. The van der Waals surface area contributed by atoms with Gasteiger partial charge in [-0.15, -0.1) is 0 Å². The molecule has 1 fully saturated rings. The summed E-state index contributed by atoms with van der Waals surface area (Å²) in [6, 6.07) is 14.5. The fourth-order valence-electron chi connectivity index (χ4n) is 3.16. The summed E-state index contributed by atoms with van der Waals surface area (Å²) in [5.41, 5.74) is 2.39. The zero-order valence-corrected chi connectivity index (χ0v) is 15.8. The van der Waals surface area contributed by atoms with Crippen molar-refractivity contribution in [3.63, 3.8) is 0 Å². The standard InChI is InChI=1S/C20H24N2O3S/c1-2-26(24,25)19-8-4-3-7-18(19)20(23)21-15-16-9-11-17(12-10-16)22-13-5-6-14-22/h3-4,7-12H,2,5-6,13-15H2,1H3,(H,21,23). The molecule has 0 radical (unpaired) electrons. The van der Waals surface area contributed by atoms with Crippen molar-refractivity contribution in [1.29, 1.82) is 0 Å². The lowest BCUT2D eigenvalue weighted by atomic mass is 10.1. The highest BCUT2D eigenvalue weighted by Crippen LogP contribution is 2.21. The molecular weight excluding hydrogens is 348 g/mol. The molecule has 0 atom stereocenters. The van der Waals surface area contributed by atoms with Gasteiger partial charge in [0, 0.05) is 25.3 Å². The summed E-state index contributed by atoms with van der Waals surface area (Å²) < 4.78 is 24.4. The number of carbonyl (C=O) groups excluding carboxylic acids is 1. The number of anilines is 1. The fourth-order valence-corrected chi connectivity index (χ4v) is 4.25. The number of amides is 1. The van der Waals surface area contributed by atoms with Crippen molar-refractivity contribution in [3.8, 4) is 0 Å². The fraction of sp³-hybridized carbons (Fsp3) is 0.350. The molecule has 1 heterocycles. The number of hydrogen-bond acceptors (Lipinski definition) is 4. The van der Waals surface area contributed by atoms with Gasteiger partial charge in [-0.1, -0.05) is 31.2 Å². The van der Waals surface area contributed by atoms with E-state index in [0.717, 1.165) is 18.7 Å². The predicted octanol–water partition coefficient (Wildman–Crippen LogP) is 3.01. The van der Waals surface area contributed by atoms with E-state index >= 15 is 0 Å². The molecule has 6 heteroatoms. The molecule has 2 aromatic carbocycles. The molecular formula is C20H24N2O3S. The predicted molar refractivity (Wildman–Crippen MR) is 103 cm³/mol. The second-order valence-electron chi connectivity index (χ2n) is 6.44. The molecule has 2 aromatic rings. The van der Waals surface area contributed by atoms with Gasteiger partial charge >= 0.3 is 0 Å². The van der Waals surface area contributed by atoms with Crippen LogP contribution in [0.3, 0.4) is 0 Å². The van der Waals surface area contributed by atoms with Crippen molar-refractivity contribution in [3.05, 3.63) is 59.7 Å². The minimum Gasteiger partial charge on any atom is -0.372 e. The molecule has 138 valence electrons. The minimum atomic E-state index is -3.44. The van der Waals surface area contributed by atoms with Crippen molar-refractivity contribution >= 4 is 21.4 Å². The van der Waals surface area contributed by atoms with Crippen LogP contribution < -0.4 is 10.2 Å². The van der Waals surface area contributed by atoms with Crippen molar-refractivity contribution in [2.24, 2.45) is 0 Å². The number of rotatable bonds is 6. The Kier molecular flexibility index (Phi) is 5.61. The molecule has 1 amide bonds. The van der Waals surface area contributed by atoms with Crippen LogP contribution in [-0.2, 0) is 16.4 Å². The maximum atomic E-state index is 12.5. The largest absolute Gasteiger partial charge is 0.372 e. The third-order valence-electron chi connectivity index (χ3n) is 4.71. The quantitative estimate of drug-likeness (QED) is 0.846. The molecule has 1 saturated heterocycles. The normalized spacial score (nSPS) is 14.4. The lowest BCUT2D eigenvalue weighted by Crippen LogP contribution is -2.25. The van der Waals surface area contributed by atoms with Crippen LogP contribution >= 0.6 is 0 Å². The Morgan fingerprint density at radius 2 is 1.69 bits per heavy atom. The van der Waals surface area contributed by atoms with Gasteiger partial charge in [0.2, 0.25) is 0 Å². The lowest BCUT2D eigenvalue weighted by molar-refractivity contribution is 0.0947. The van der Waals surface area contributed by atoms with Crippen LogP contribution in [0.1, 0.15) is 35.7 Å². The maximum Gasteiger partial charge on any atom is 0.252 e. The van der Waals surface area contributed by atoms with E-state index in [1.54, 1.807) is 25.1 Å². The molecule has 3 rings (SSSR count). The smallest absolute Gasteiger partial charge is 0.252 e. The third kappa shape index (κ3) is 4.07. The Morgan fingerprint density at radius 1 is 1.04 bits per heavy atom. The van der Waals surface area contributed by atoms with E-state index in [9.17, 15) is 13.2 Å². The van der Waals surface area contributed by atoms with E-state index < -0.39 is 9.84 Å². The van der Waals surface area contributed by atoms with Gasteiger partial charge in [0.15, 0.2) is 9.84 Å². The van der Waals surface area contributed by atoms with E-state index in [2.05, 4.69) is 22.3 Å². The summed E-state index contributed by atoms with van der Waals surface area (Å²) in [5.74, 6) is -0.406. The first-order chi connectivity index (χ1) is 12.5. The highest BCUT2D eigenvalue weighted by molar-refractivity contribution is 7.91. The summed E-state index contributed by atoms with van der Waals surface area (Å²) in [4.78, 5) is 14.9. The summed E-state index contributed by atoms with van der Waals surface area (Å²) in [7, 11) is -3.44. The first-order valence-electron chi connectivity index (χ1n) is 8.95. The van der Waals surface area contributed by atoms with Crippen molar-refractivity contribution < 1.29 is 13.2 Å². The molecule has 1 aliphatic rings. The van der Waals surface area contributed by atoms with Gasteiger partial charge in [0.25, 0.3) is 5.91 Å². The topological polar surface area (TPSA) is 66.5 Å². The summed E-state index contributed by atoms with van der Waals surface area (Å²) >= 11 is 0. The van der Waals surface area contributed by atoms with Gasteiger partial charge in [-0.3, -0.25) is 4.79 Å². The van der Waals surface area contributed by atoms with Crippen LogP contribution in [0.15, 0.2) is 53.4 Å². The van der Waals surface area contributed by atoms with Crippen LogP contribution in [0.4, 0.5) is 5.69 Å². The minimum absolute atomic E-state index is 0.0325. The first-order valence-corrected chi connectivity index (χ1v) is 10.6. The van der Waals surface area contributed by atoms with Gasteiger partial charge < -0.3 is 10.2 Å². The van der Waals surface area contributed by atoms with Crippen molar-refractivity contribution in [2.45, 2.75) is 31.2 Å². The molecule has 1 aliphatic heterocycles. The lowest BCUT2D eigenvalue weighted by Gasteiger charge is -2.17. The summed E-state index contributed by atoms with van der Waals surface area (Å²) in [6.07, 6.45) is 2.47. The number of hydrogen-bond donors (Lipinski definition) is 1. The Hall–Kier alpha value is -2.34. The molecule has 0 spiro atoms. The van der Waals surface area contributed by atoms with E-state index in [1.807, 2.05) is 12.1 Å². The van der Waals surface area contributed by atoms with Crippen molar-refractivity contribution in [1.82, 2.24) is 5.32 Å². The zero-order chi connectivity index (χ0) is 18.6. The van der Waals surface area contributed by atoms with Gasteiger partial charge in [-0.2, -0.15) is 0 Å². The van der Waals surface area contributed by atoms with Crippen LogP contribution in [0, 0.1) is 0 Å². The van der Waals surface area contributed by atoms with E-state index in [4.69, 9.17) is 0 Å². The maximum absolute atomic E-state index is 12.5. The number of carbonyl (C=O) groups is 1. The van der Waals surface area contributed by atoms with Gasteiger partial charge in [-0.25, -0.2) is 8.42 Å². The number of nitrogens with zero attached hydrogens (tertiary/aromatic N) is 1.